The van der Waals surface area contributed by atoms with Crippen LogP contribution in [0.5, 0.6) is 0 Å². The van der Waals surface area contributed by atoms with Gasteiger partial charge in [-0.05, 0) is 5.92 Å². The Morgan fingerprint density at radius 1 is 1.39 bits per heavy atom. The van der Waals surface area contributed by atoms with Crippen LogP contribution in [0.4, 0.5) is 0 Å². The molecule has 0 bridgehead atoms. The van der Waals surface area contributed by atoms with E-state index in [2.05, 4.69) is 5.32 Å². The van der Waals surface area contributed by atoms with E-state index in [9.17, 15) is 13.2 Å². The van der Waals surface area contributed by atoms with Crippen molar-refractivity contribution < 1.29 is 17.9 Å². The molecule has 0 spiro atoms. The molecule has 0 atom stereocenters. The molecule has 6 nitrogen and oxygen atoms in total. The molecule has 1 N–H and O–H groups in total. The summed E-state index contributed by atoms with van der Waals surface area (Å²) in [5, 5.41) is 2.66. The molecule has 0 saturated heterocycles. The van der Waals surface area contributed by atoms with Crippen LogP contribution >= 0.6 is 0 Å². The molecule has 7 heteroatoms. The fraction of sp³-hybridized carbons (Fsp3) is 0.909. The van der Waals surface area contributed by atoms with Crippen LogP contribution in [0.1, 0.15) is 20.3 Å². The van der Waals surface area contributed by atoms with Gasteiger partial charge in [-0.3, -0.25) is 4.79 Å². The monoisotopic (exact) mass is 280 g/mol. The molecule has 0 radical (unpaired) electrons. The number of carbonyl (C=O) groups is 1. The number of sulfonamides is 1. The van der Waals surface area contributed by atoms with Gasteiger partial charge < -0.3 is 10.1 Å². The maximum absolute atomic E-state index is 11.5. The normalized spacial score (nSPS) is 12.1. The largest absolute Gasteiger partial charge is 0.383 e. The molecular weight excluding hydrogens is 256 g/mol. The lowest BCUT2D eigenvalue weighted by atomic mass is 10.2. The molecule has 0 unspecified atom stereocenters. The number of ether oxygens (including phenoxy) is 1. The number of carbonyl (C=O) groups excluding carboxylic acids is 1. The van der Waals surface area contributed by atoms with Gasteiger partial charge >= 0.3 is 0 Å². The van der Waals surface area contributed by atoms with Crippen LogP contribution in [-0.2, 0) is 19.6 Å². The Morgan fingerprint density at radius 3 is 2.44 bits per heavy atom. The van der Waals surface area contributed by atoms with Crippen LogP contribution in [0.2, 0.25) is 0 Å². The molecule has 0 rings (SSSR count). The van der Waals surface area contributed by atoms with Crippen molar-refractivity contribution in [3.63, 3.8) is 0 Å². The van der Waals surface area contributed by atoms with E-state index in [1.165, 1.54) is 4.31 Å². The van der Waals surface area contributed by atoms with Gasteiger partial charge in [-0.1, -0.05) is 13.8 Å². The summed E-state index contributed by atoms with van der Waals surface area (Å²) >= 11 is 0. The summed E-state index contributed by atoms with van der Waals surface area (Å²) in [5.41, 5.74) is 0. The molecule has 108 valence electrons. The molecular formula is C11H24N2O4S. The molecule has 0 aliphatic rings. The Hall–Kier alpha value is -0.660. The zero-order valence-electron chi connectivity index (χ0n) is 11.6. The topological polar surface area (TPSA) is 75.7 Å². The van der Waals surface area contributed by atoms with Crippen molar-refractivity contribution >= 4 is 15.9 Å². The van der Waals surface area contributed by atoms with Gasteiger partial charge in [0.15, 0.2) is 0 Å². The molecule has 0 aromatic heterocycles. The lowest BCUT2D eigenvalue weighted by Crippen LogP contribution is -2.37. The van der Waals surface area contributed by atoms with Crippen molar-refractivity contribution in [2.75, 3.05) is 39.6 Å². The summed E-state index contributed by atoms with van der Waals surface area (Å²) in [6.07, 6.45) is 1.34. The predicted octanol–water partition coefficient (Wildman–Crippen LogP) is 0.0567. The quantitative estimate of drug-likeness (QED) is 0.606. The second-order valence-corrected chi connectivity index (χ2v) is 6.59. The first-order chi connectivity index (χ1) is 8.27. The molecule has 18 heavy (non-hydrogen) atoms. The first-order valence-corrected chi connectivity index (χ1v) is 7.83. The second-order valence-electron chi connectivity index (χ2n) is 4.61. The number of rotatable bonds is 9. The molecule has 0 aliphatic heterocycles. The minimum absolute atomic E-state index is 0.163. The fourth-order valence-corrected chi connectivity index (χ4v) is 2.40. The molecule has 0 aromatic rings. The van der Waals surface area contributed by atoms with Gasteiger partial charge in [-0.2, -0.15) is 0 Å². The lowest BCUT2D eigenvalue weighted by molar-refractivity contribution is -0.121. The highest BCUT2D eigenvalue weighted by molar-refractivity contribution is 7.88. The third kappa shape index (κ3) is 8.43. The van der Waals surface area contributed by atoms with E-state index in [1.807, 2.05) is 13.8 Å². The summed E-state index contributed by atoms with van der Waals surface area (Å²) < 4.78 is 29.2. The lowest BCUT2D eigenvalue weighted by Gasteiger charge is -2.21. The van der Waals surface area contributed by atoms with E-state index in [0.717, 1.165) is 6.26 Å². The maximum atomic E-state index is 11.5. The Kier molecular flexibility index (Phi) is 8.13. The average molecular weight is 280 g/mol. The van der Waals surface area contributed by atoms with Gasteiger partial charge in [-0.15, -0.1) is 0 Å². The summed E-state index contributed by atoms with van der Waals surface area (Å²) in [5.74, 6) is 0.0701. The summed E-state index contributed by atoms with van der Waals surface area (Å²) in [6, 6.07) is 0. The van der Waals surface area contributed by atoms with Crippen molar-refractivity contribution in [2.24, 2.45) is 5.92 Å². The van der Waals surface area contributed by atoms with Crippen LogP contribution in [0.15, 0.2) is 0 Å². The van der Waals surface area contributed by atoms with Crippen LogP contribution in [-0.4, -0.2) is 58.2 Å². The molecule has 0 fully saturated rings. The molecule has 0 aliphatic carbocycles. The van der Waals surface area contributed by atoms with Gasteiger partial charge in [0.2, 0.25) is 15.9 Å². The minimum Gasteiger partial charge on any atom is -0.383 e. The third-order valence-electron chi connectivity index (χ3n) is 2.25. The standard InChI is InChI=1S/C11H24N2O4S/c1-10(2)9-13(18(4,15)16)7-5-11(14)12-6-8-17-3/h10H,5-9H2,1-4H3,(H,12,14). The van der Waals surface area contributed by atoms with E-state index in [4.69, 9.17) is 4.74 Å². The number of hydrogen-bond donors (Lipinski definition) is 1. The van der Waals surface area contributed by atoms with E-state index < -0.39 is 10.0 Å². The average Bonchev–Trinajstić information content (AvgIpc) is 2.22. The molecule has 0 heterocycles. The highest BCUT2D eigenvalue weighted by atomic mass is 32.2. The van der Waals surface area contributed by atoms with Gasteiger partial charge in [0.25, 0.3) is 0 Å². The molecule has 0 aromatic carbocycles. The minimum atomic E-state index is -3.25. The number of nitrogens with one attached hydrogen (secondary N) is 1. The predicted molar refractivity (Wildman–Crippen MR) is 70.8 cm³/mol. The zero-order chi connectivity index (χ0) is 14.2. The highest BCUT2D eigenvalue weighted by Crippen LogP contribution is 2.05. The van der Waals surface area contributed by atoms with E-state index in [1.54, 1.807) is 7.11 Å². The van der Waals surface area contributed by atoms with E-state index in [-0.39, 0.29) is 24.8 Å². The smallest absolute Gasteiger partial charge is 0.221 e. The first kappa shape index (κ1) is 17.3. The summed E-state index contributed by atoms with van der Waals surface area (Å²) in [6.45, 7) is 5.43. The van der Waals surface area contributed by atoms with Crippen LogP contribution in [0.25, 0.3) is 0 Å². The second kappa shape index (κ2) is 8.44. The molecule has 0 saturated carbocycles. The highest BCUT2D eigenvalue weighted by Gasteiger charge is 2.18. The number of amides is 1. The van der Waals surface area contributed by atoms with Gasteiger partial charge in [0.05, 0.1) is 12.9 Å². The Bertz CT molecular complexity index is 341. The van der Waals surface area contributed by atoms with E-state index >= 15 is 0 Å². The Labute approximate surface area is 110 Å². The van der Waals surface area contributed by atoms with Crippen molar-refractivity contribution in [3.05, 3.63) is 0 Å². The number of nitrogens with zero attached hydrogens (tertiary/aromatic N) is 1. The van der Waals surface area contributed by atoms with Crippen molar-refractivity contribution in [3.8, 4) is 0 Å². The summed E-state index contributed by atoms with van der Waals surface area (Å²) in [7, 11) is -1.70. The summed E-state index contributed by atoms with van der Waals surface area (Å²) in [4.78, 5) is 11.4. The van der Waals surface area contributed by atoms with Gasteiger partial charge in [-0.25, -0.2) is 12.7 Å². The van der Waals surface area contributed by atoms with Crippen molar-refractivity contribution in [1.29, 1.82) is 0 Å². The van der Waals surface area contributed by atoms with Crippen molar-refractivity contribution in [1.82, 2.24) is 9.62 Å². The Morgan fingerprint density at radius 2 is 2.00 bits per heavy atom. The Balaban J connectivity index is 4.15. The molecule has 1 amide bonds. The van der Waals surface area contributed by atoms with E-state index in [0.29, 0.717) is 19.7 Å². The fourth-order valence-electron chi connectivity index (χ4n) is 1.41. The van der Waals surface area contributed by atoms with Crippen LogP contribution in [0.3, 0.4) is 0 Å². The number of methoxy groups -OCH3 is 1. The third-order valence-corrected chi connectivity index (χ3v) is 3.52. The SMILES string of the molecule is COCCNC(=O)CCN(CC(C)C)S(C)(=O)=O. The van der Waals surface area contributed by atoms with Crippen LogP contribution in [0, 0.1) is 5.92 Å². The van der Waals surface area contributed by atoms with Crippen molar-refractivity contribution in [2.45, 2.75) is 20.3 Å². The van der Waals surface area contributed by atoms with Gasteiger partial charge in [0.1, 0.15) is 0 Å². The van der Waals surface area contributed by atoms with Crippen LogP contribution < -0.4 is 5.32 Å². The maximum Gasteiger partial charge on any atom is 0.221 e. The first-order valence-electron chi connectivity index (χ1n) is 5.98. The zero-order valence-corrected chi connectivity index (χ0v) is 12.4. The number of hydrogen-bond acceptors (Lipinski definition) is 4. The van der Waals surface area contributed by atoms with Gasteiger partial charge in [0, 0.05) is 33.2 Å².